The fourth-order valence-electron chi connectivity index (χ4n) is 12.2. The maximum atomic E-state index is 15.2. The first kappa shape index (κ1) is 61.2. The Labute approximate surface area is 489 Å². The summed E-state index contributed by atoms with van der Waals surface area (Å²) in [5.74, 6) is -4.18. The molecule has 5 aromatic rings. The lowest BCUT2D eigenvalue weighted by Crippen LogP contribution is -2.62. The molecule has 5 heterocycles. The summed E-state index contributed by atoms with van der Waals surface area (Å²) in [6.45, 7) is 3.29. The Bertz CT molecular complexity index is 3470. The first-order chi connectivity index (χ1) is 40.3. The van der Waals surface area contributed by atoms with Crippen LogP contribution in [0.15, 0.2) is 76.4 Å². The van der Waals surface area contributed by atoms with Crippen molar-refractivity contribution in [3.8, 4) is 0 Å². The van der Waals surface area contributed by atoms with Gasteiger partial charge in [-0.1, -0.05) is 18.2 Å². The molecule has 0 bridgehead atoms. The lowest BCUT2D eigenvalue weighted by molar-refractivity contribution is -0.147. The number of nitrogens with one attached hydrogen (secondary N) is 5. The van der Waals surface area contributed by atoms with Crippen LogP contribution >= 0.6 is 19.4 Å². The zero-order chi connectivity index (χ0) is 60.0. The number of carbonyl (C=O) groups is 9. The average Bonchev–Trinajstić information content (AvgIpc) is 2.67. The van der Waals surface area contributed by atoms with E-state index in [4.69, 9.17) is 14.8 Å². The van der Waals surface area contributed by atoms with Crippen LogP contribution in [0.1, 0.15) is 129 Å². The number of rotatable bonds is 22. The molecular weight excluding hydrogens is 1120 g/mol. The van der Waals surface area contributed by atoms with Crippen LogP contribution in [0.25, 0.3) is 21.9 Å². The SMILES string of the molecule is CCOP(=O)(OCC)C(=O)c1ccc2[nH]c(C(=O)N[C@H]3CN(C(=O)C4CCC(CCc5ccc6c(c5)n(C)c(=O)n6C5CCC(=O)NC5=O)CC4)CC[C@H]4CC[C@@H](C(=O)N[C@@H](CCC(N)=O)C(=O)NCc5ccc(SC)cc5)N4C3=O)cc2c1. The molecule has 2 aromatic heterocycles. The van der Waals surface area contributed by atoms with Crippen LogP contribution in [0.5, 0.6) is 0 Å². The Morgan fingerprint density at radius 1 is 0.845 bits per heavy atom. The number of aryl methyl sites for hydroxylation is 2. The highest BCUT2D eigenvalue weighted by Crippen LogP contribution is 2.51. The Hall–Kier alpha value is -7.40. The average molecular weight is 1190 g/mol. The molecule has 3 saturated heterocycles. The summed E-state index contributed by atoms with van der Waals surface area (Å²) >= 11 is 1.58. The second kappa shape index (κ2) is 26.7. The summed E-state index contributed by atoms with van der Waals surface area (Å²) < 4.78 is 26.9. The number of imide groups is 1. The van der Waals surface area contributed by atoms with E-state index >= 15 is 4.79 Å². The Kier molecular flexibility index (Phi) is 19.4. The van der Waals surface area contributed by atoms with E-state index in [-0.39, 0.29) is 99.6 Å². The maximum Gasteiger partial charge on any atom is 0.401 e. The monoisotopic (exact) mass is 1190 g/mol. The molecule has 0 radical (unpaired) electrons. The molecule has 3 aliphatic heterocycles. The lowest BCUT2D eigenvalue weighted by atomic mass is 9.79. The smallest absolute Gasteiger partial charge is 0.370 e. The molecule has 3 aromatic carbocycles. The van der Waals surface area contributed by atoms with Crippen LogP contribution in [-0.2, 0) is 67.2 Å². The van der Waals surface area contributed by atoms with Crippen LogP contribution in [0.2, 0.25) is 0 Å². The van der Waals surface area contributed by atoms with E-state index in [1.165, 1.54) is 32.2 Å². The van der Waals surface area contributed by atoms with Gasteiger partial charge < -0.3 is 45.5 Å². The van der Waals surface area contributed by atoms with E-state index in [0.29, 0.717) is 53.5 Å². The van der Waals surface area contributed by atoms with Crippen molar-refractivity contribution in [1.82, 2.24) is 45.2 Å². The van der Waals surface area contributed by atoms with Crippen LogP contribution in [0, 0.1) is 11.8 Å². The van der Waals surface area contributed by atoms with Crippen molar-refractivity contribution in [1.29, 1.82) is 0 Å². The maximum absolute atomic E-state index is 15.2. The van der Waals surface area contributed by atoms with Crippen molar-refractivity contribution in [3.63, 3.8) is 0 Å². The lowest BCUT2D eigenvalue weighted by Gasteiger charge is -2.40. The summed E-state index contributed by atoms with van der Waals surface area (Å²) in [4.78, 5) is 143. The molecule has 1 aliphatic carbocycles. The number of piperidine rings is 1. The van der Waals surface area contributed by atoms with Gasteiger partial charge in [-0.25, -0.2) is 4.79 Å². The largest absolute Gasteiger partial charge is 0.401 e. The number of amides is 8. The summed E-state index contributed by atoms with van der Waals surface area (Å²) in [6.07, 6.45) is 7.30. The van der Waals surface area contributed by atoms with Gasteiger partial charge in [-0.05, 0) is 156 Å². The van der Waals surface area contributed by atoms with Crippen LogP contribution in [0.3, 0.4) is 0 Å². The van der Waals surface area contributed by atoms with E-state index in [1.54, 1.807) is 43.6 Å². The van der Waals surface area contributed by atoms with Gasteiger partial charge in [0.05, 0.1) is 24.2 Å². The van der Waals surface area contributed by atoms with Crippen molar-refractivity contribution in [2.45, 2.75) is 139 Å². The highest BCUT2D eigenvalue weighted by Gasteiger charge is 2.47. The number of nitrogens with two attached hydrogens (primary N) is 1. The molecular formula is C59H73N10O13PS. The zero-order valence-corrected chi connectivity index (χ0v) is 49.4. The van der Waals surface area contributed by atoms with Gasteiger partial charge in [-0.15, -0.1) is 11.8 Å². The summed E-state index contributed by atoms with van der Waals surface area (Å²) in [5, 5.41) is 11.3. The normalized spacial score (nSPS) is 21.5. The van der Waals surface area contributed by atoms with Gasteiger partial charge >= 0.3 is 13.3 Å². The number of hydrogen-bond donors (Lipinski definition) is 6. The van der Waals surface area contributed by atoms with Gasteiger partial charge in [0, 0.05) is 72.8 Å². The van der Waals surface area contributed by atoms with Gasteiger partial charge in [0.15, 0.2) is 0 Å². The molecule has 25 heteroatoms. The highest BCUT2D eigenvalue weighted by atomic mass is 32.2. The summed E-state index contributed by atoms with van der Waals surface area (Å²) in [5.41, 5.74) is 7.95. The number of nitrogens with zero attached hydrogens (tertiary/aromatic N) is 4. The standard InChI is InChI=1S/C59H73N10O13PS/c1-5-81-83(80,82-6-2)58(78)38-16-20-42-39(30-38)31-44(62-42)53(73)64-45-33-67(28-27-40-17-23-47(68(40)57(45)77)54(74)63-43(21-25-50(60)70)52(72)61-32-36-11-18-41(84-4)19-12-36)56(76)37-14-9-34(10-15-37)7-8-35-13-22-46-49(29-35)66(3)59(79)69(46)48-24-26-51(71)65-55(48)75/h11-13,16,18-20,22,29-31,34,37,40,43,45,47-48,62H,5-10,14-15,17,21,23-28,32-33H2,1-4H3,(H2,60,70)(H,61,72)(H,63,74)(H,64,73)(H,65,71,75)/t34?,37?,40-,43+,45+,47+,48?/m1/s1. The number of fused-ring (bicyclic) bond motifs is 3. The predicted molar refractivity (Wildman–Crippen MR) is 312 cm³/mol. The van der Waals surface area contributed by atoms with E-state index in [0.717, 1.165) is 41.7 Å². The molecule has 1 unspecified atom stereocenters. The van der Waals surface area contributed by atoms with Crippen LogP contribution < -0.4 is 32.7 Å². The minimum Gasteiger partial charge on any atom is -0.370 e. The molecule has 5 atom stereocenters. The molecule has 9 rings (SSSR count). The number of H-pyrrole nitrogens is 1. The third-order valence-corrected chi connectivity index (χ3v) is 19.4. The van der Waals surface area contributed by atoms with E-state index in [1.807, 2.05) is 48.7 Å². The topological polar surface area (TPSA) is 312 Å². The second-order valence-corrected chi connectivity index (χ2v) is 24.9. The first-order valence-electron chi connectivity index (χ1n) is 28.8. The van der Waals surface area contributed by atoms with Crippen LogP contribution in [0.4, 0.5) is 0 Å². The molecule has 448 valence electrons. The molecule has 7 N–H and O–H groups in total. The number of aromatic amines is 1. The third-order valence-electron chi connectivity index (χ3n) is 16.7. The molecule has 4 fully saturated rings. The number of benzene rings is 3. The van der Waals surface area contributed by atoms with Crippen molar-refractivity contribution in [2.75, 3.05) is 32.6 Å². The Balaban J connectivity index is 0.902. The summed E-state index contributed by atoms with van der Waals surface area (Å²) in [6, 6.07) is 14.4. The zero-order valence-electron chi connectivity index (χ0n) is 47.6. The van der Waals surface area contributed by atoms with Gasteiger partial charge in [0.2, 0.25) is 41.4 Å². The quantitative estimate of drug-likeness (QED) is 0.0298. The molecule has 4 aliphatic rings. The number of imidazole rings is 1. The second-order valence-electron chi connectivity index (χ2n) is 22.1. The molecule has 84 heavy (non-hydrogen) atoms. The fraction of sp³-hybridized carbons (Fsp3) is 0.492. The van der Waals surface area contributed by atoms with E-state index < -0.39 is 78.8 Å². The number of thioether (sulfide) groups is 1. The predicted octanol–water partition coefficient (Wildman–Crippen LogP) is 5.12. The summed E-state index contributed by atoms with van der Waals surface area (Å²) in [7, 11) is -2.51. The van der Waals surface area contributed by atoms with Crippen molar-refractivity contribution in [3.05, 3.63) is 99.6 Å². The van der Waals surface area contributed by atoms with Crippen LogP contribution in [-0.4, -0.2) is 133 Å². The number of hydrogen-bond acceptors (Lipinski definition) is 14. The highest BCUT2D eigenvalue weighted by molar-refractivity contribution is 7.98. The van der Waals surface area contributed by atoms with E-state index in [9.17, 15) is 47.7 Å². The third kappa shape index (κ3) is 13.6. The van der Waals surface area contributed by atoms with Gasteiger partial charge in [-0.3, -0.25) is 62.2 Å². The number of aromatic nitrogens is 3. The molecule has 8 amide bonds. The van der Waals surface area contributed by atoms with Gasteiger partial charge in [-0.2, -0.15) is 0 Å². The van der Waals surface area contributed by atoms with Crippen molar-refractivity contribution >= 4 is 94.1 Å². The van der Waals surface area contributed by atoms with Crippen molar-refractivity contribution < 1.29 is 56.8 Å². The minimum atomic E-state index is -4.17. The Morgan fingerprint density at radius 3 is 2.26 bits per heavy atom. The number of carbonyl (C=O) groups excluding carboxylic acids is 9. The van der Waals surface area contributed by atoms with E-state index in [2.05, 4.69) is 26.3 Å². The molecule has 23 nitrogen and oxygen atoms in total. The van der Waals surface area contributed by atoms with Crippen molar-refractivity contribution in [2.24, 2.45) is 24.6 Å². The molecule has 1 saturated carbocycles. The van der Waals surface area contributed by atoms with Gasteiger partial charge in [0.25, 0.3) is 11.4 Å². The minimum absolute atomic E-state index is 0.0174. The first-order valence-corrected chi connectivity index (χ1v) is 31.6. The molecule has 0 spiro atoms. The number of primary amides is 1. The fourth-order valence-corrected chi connectivity index (χ4v) is 14.1. The van der Waals surface area contributed by atoms with Gasteiger partial charge in [0.1, 0.15) is 29.9 Å². The Morgan fingerprint density at radius 2 is 1.57 bits per heavy atom.